The first kappa shape index (κ1) is 18.8. The molecule has 0 spiro atoms. The van der Waals surface area contributed by atoms with E-state index in [0.717, 1.165) is 17.7 Å². The summed E-state index contributed by atoms with van der Waals surface area (Å²) < 4.78 is 12.0. The van der Waals surface area contributed by atoms with Crippen LogP contribution in [0.3, 0.4) is 0 Å². The van der Waals surface area contributed by atoms with Crippen LogP contribution in [0.4, 0.5) is 0 Å². The fourth-order valence-electron chi connectivity index (χ4n) is 3.38. The average molecular weight is 391 g/mol. The first-order chi connectivity index (χ1) is 13.8. The molecule has 1 fully saturated rings. The molecule has 1 aliphatic rings. The van der Waals surface area contributed by atoms with E-state index in [4.69, 9.17) is 9.47 Å². The highest BCUT2D eigenvalue weighted by atomic mass is 32.2. The molecule has 0 amide bonds. The summed E-state index contributed by atoms with van der Waals surface area (Å²) in [5, 5.41) is 0. The van der Waals surface area contributed by atoms with Gasteiger partial charge < -0.3 is 9.47 Å². The molecule has 2 atom stereocenters. The van der Waals surface area contributed by atoms with E-state index < -0.39 is 4.93 Å². The van der Waals surface area contributed by atoms with Gasteiger partial charge in [0.1, 0.15) is 17.6 Å². The van der Waals surface area contributed by atoms with Crippen molar-refractivity contribution in [3.05, 3.63) is 108 Å². The van der Waals surface area contributed by atoms with Gasteiger partial charge in [0.05, 0.1) is 5.56 Å². The number of ether oxygens (including phenoxy) is 2. The van der Waals surface area contributed by atoms with Crippen molar-refractivity contribution in [3.63, 3.8) is 0 Å². The van der Waals surface area contributed by atoms with E-state index in [2.05, 4.69) is 24.3 Å². The summed E-state index contributed by atoms with van der Waals surface area (Å²) >= 11 is 1.78. The molecule has 28 heavy (non-hydrogen) atoms. The summed E-state index contributed by atoms with van der Waals surface area (Å²) in [4.78, 5) is 11.8. The number of carbonyl (C=O) groups is 1. The lowest BCUT2D eigenvalue weighted by atomic mass is 10.0. The predicted octanol–water partition coefficient (Wildman–Crippen LogP) is 5.07. The molecule has 1 aliphatic heterocycles. The fourth-order valence-corrected chi connectivity index (χ4v) is 4.77. The van der Waals surface area contributed by atoms with E-state index in [-0.39, 0.29) is 18.7 Å². The van der Waals surface area contributed by atoms with Gasteiger partial charge in [0.25, 0.3) is 0 Å². The largest absolute Gasteiger partial charge is 0.459 e. The zero-order chi connectivity index (χ0) is 19.2. The molecule has 4 heteroatoms. The van der Waals surface area contributed by atoms with Gasteiger partial charge in [0.15, 0.2) is 0 Å². The highest BCUT2D eigenvalue weighted by Crippen LogP contribution is 2.47. The topological polar surface area (TPSA) is 35.5 Å². The van der Waals surface area contributed by atoms with E-state index in [1.165, 1.54) is 5.56 Å². The van der Waals surface area contributed by atoms with Crippen LogP contribution in [0.5, 0.6) is 0 Å². The average Bonchev–Trinajstić information content (AvgIpc) is 3.18. The highest BCUT2D eigenvalue weighted by molar-refractivity contribution is 8.00. The lowest BCUT2D eigenvalue weighted by Crippen LogP contribution is -2.29. The van der Waals surface area contributed by atoms with Crippen molar-refractivity contribution < 1.29 is 14.3 Å². The van der Waals surface area contributed by atoms with Crippen LogP contribution in [-0.4, -0.2) is 24.4 Å². The van der Waals surface area contributed by atoms with Gasteiger partial charge in [-0.05, 0) is 23.3 Å². The summed E-state index contributed by atoms with van der Waals surface area (Å²) in [7, 11) is 0. The van der Waals surface area contributed by atoms with Crippen LogP contribution >= 0.6 is 11.8 Å². The molecule has 4 rings (SSSR count). The van der Waals surface area contributed by atoms with Gasteiger partial charge >= 0.3 is 5.97 Å². The second-order valence-corrected chi connectivity index (χ2v) is 8.08. The Kier molecular flexibility index (Phi) is 5.79. The minimum atomic E-state index is -0.466. The monoisotopic (exact) mass is 390 g/mol. The van der Waals surface area contributed by atoms with Crippen LogP contribution in [0.25, 0.3) is 0 Å². The van der Waals surface area contributed by atoms with Crippen molar-refractivity contribution >= 4 is 17.7 Å². The van der Waals surface area contributed by atoms with Crippen LogP contribution < -0.4 is 0 Å². The Labute approximate surface area is 169 Å². The van der Waals surface area contributed by atoms with E-state index >= 15 is 0 Å². The van der Waals surface area contributed by atoms with Crippen molar-refractivity contribution in [2.24, 2.45) is 0 Å². The maximum absolute atomic E-state index is 12.2. The number of carbonyl (C=O) groups excluding carboxylic acids is 1. The molecule has 1 saturated heterocycles. The van der Waals surface area contributed by atoms with E-state index in [1.54, 1.807) is 23.9 Å². The Morgan fingerprint density at radius 1 is 0.929 bits per heavy atom. The molecule has 142 valence electrons. The Morgan fingerprint density at radius 3 is 2.21 bits per heavy atom. The molecule has 0 radical (unpaired) electrons. The molecule has 3 nitrogen and oxygen atoms in total. The predicted molar refractivity (Wildman–Crippen MR) is 112 cm³/mol. The van der Waals surface area contributed by atoms with E-state index in [9.17, 15) is 4.79 Å². The summed E-state index contributed by atoms with van der Waals surface area (Å²) in [6, 6.07) is 29.7. The number of rotatable bonds is 6. The third-order valence-electron chi connectivity index (χ3n) is 4.76. The van der Waals surface area contributed by atoms with E-state index in [1.807, 2.05) is 54.6 Å². The first-order valence-corrected chi connectivity index (χ1v) is 10.4. The highest BCUT2D eigenvalue weighted by Gasteiger charge is 2.43. The lowest BCUT2D eigenvalue weighted by molar-refractivity contribution is -0.0426. The number of hydrogen-bond acceptors (Lipinski definition) is 4. The van der Waals surface area contributed by atoms with Gasteiger partial charge in [0, 0.05) is 12.2 Å². The molecule has 0 unspecified atom stereocenters. The zero-order valence-corrected chi connectivity index (χ0v) is 16.3. The molecule has 0 aromatic heterocycles. The standard InChI is InChI=1S/C24H22O3S/c25-23(20-12-6-2-7-13-20)26-17-22-18-28-24(27-22,21-14-8-3-9-15-21)16-19-10-4-1-5-11-19/h1-15,22H,16-18H2/t22-,24+/m0/s1. The number of hydrogen-bond donors (Lipinski definition) is 0. The SMILES string of the molecule is O=C(OC[C@H]1CS[C@](Cc2ccccc2)(c2ccccc2)O1)c1ccccc1. The van der Waals surface area contributed by atoms with E-state index in [0.29, 0.717) is 5.56 Å². The van der Waals surface area contributed by atoms with Crippen LogP contribution in [-0.2, 0) is 20.8 Å². The third-order valence-corrected chi connectivity index (χ3v) is 6.24. The molecular weight excluding hydrogens is 368 g/mol. The molecule has 3 aromatic rings. The molecule has 1 heterocycles. The molecule has 0 aliphatic carbocycles. The van der Waals surface area contributed by atoms with Crippen LogP contribution in [0.2, 0.25) is 0 Å². The third kappa shape index (κ3) is 4.29. The van der Waals surface area contributed by atoms with Crippen molar-refractivity contribution in [1.29, 1.82) is 0 Å². The quantitative estimate of drug-likeness (QED) is 0.551. The summed E-state index contributed by atoms with van der Waals surface area (Å²) in [5.74, 6) is 0.471. The smallest absolute Gasteiger partial charge is 0.338 e. The summed E-state index contributed by atoms with van der Waals surface area (Å²) in [6.45, 7) is 0.254. The van der Waals surface area contributed by atoms with Gasteiger partial charge in [-0.3, -0.25) is 0 Å². The fraction of sp³-hybridized carbons (Fsp3) is 0.208. The Bertz CT molecular complexity index is 899. The maximum atomic E-state index is 12.2. The van der Waals surface area contributed by atoms with Crippen LogP contribution in [0.1, 0.15) is 21.5 Å². The number of benzene rings is 3. The van der Waals surface area contributed by atoms with Gasteiger partial charge in [-0.15, -0.1) is 11.8 Å². The van der Waals surface area contributed by atoms with Crippen molar-refractivity contribution in [2.75, 3.05) is 12.4 Å². The second-order valence-electron chi connectivity index (χ2n) is 6.80. The minimum Gasteiger partial charge on any atom is -0.459 e. The lowest BCUT2D eigenvalue weighted by Gasteiger charge is -2.29. The minimum absolute atomic E-state index is 0.137. The van der Waals surface area contributed by atoms with Crippen LogP contribution in [0.15, 0.2) is 91.0 Å². The molecule has 0 bridgehead atoms. The van der Waals surface area contributed by atoms with Crippen molar-refractivity contribution in [2.45, 2.75) is 17.5 Å². The van der Waals surface area contributed by atoms with Gasteiger partial charge in [-0.1, -0.05) is 78.9 Å². The van der Waals surface area contributed by atoms with Gasteiger partial charge in [-0.2, -0.15) is 0 Å². The molecule has 0 N–H and O–H groups in total. The van der Waals surface area contributed by atoms with Crippen LogP contribution in [0, 0.1) is 0 Å². The Morgan fingerprint density at radius 2 is 1.54 bits per heavy atom. The number of esters is 1. The maximum Gasteiger partial charge on any atom is 0.338 e. The van der Waals surface area contributed by atoms with Gasteiger partial charge in [0.2, 0.25) is 0 Å². The molecule has 3 aromatic carbocycles. The number of thioether (sulfide) groups is 1. The molecule has 0 saturated carbocycles. The van der Waals surface area contributed by atoms with Gasteiger partial charge in [-0.25, -0.2) is 4.79 Å². The molecular formula is C24H22O3S. The van der Waals surface area contributed by atoms with Crippen molar-refractivity contribution in [1.82, 2.24) is 0 Å². The zero-order valence-electron chi connectivity index (χ0n) is 15.5. The Balaban J connectivity index is 1.47. The Hall–Kier alpha value is -2.56. The first-order valence-electron chi connectivity index (χ1n) is 9.39. The summed E-state index contributed by atoms with van der Waals surface area (Å²) in [6.07, 6.45) is 0.632. The summed E-state index contributed by atoms with van der Waals surface area (Å²) in [5.41, 5.74) is 2.92. The van der Waals surface area contributed by atoms with Crippen molar-refractivity contribution in [3.8, 4) is 0 Å². The normalized spacial score (nSPS) is 21.4. The second kappa shape index (κ2) is 8.63.